The van der Waals surface area contributed by atoms with E-state index in [1.807, 2.05) is 47.3 Å². The smallest absolute Gasteiger partial charge is 0.125 e. The van der Waals surface area contributed by atoms with E-state index in [4.69, 9.17) is 0 Å². The van der Waals surface area contributed by atoms with Crippen molar-refractivity contribution < 1.29 is 5.11 Å². The van der Waals surface area contributed by atoms with Crippen molar-refractivity contribution in [3.05, 3.63) is 52.5 Å². The number of anilines is 1. The van der Waals surface area contributed by atoms with Gasteiger partial charge in [0.05, 0.1) is 30.4 Å². The van der Waals surface area contributed by atoms with Crippen LogP contribution in [0, 0.1) is 0 Å². The van der Waals surface area contributed by atoms with E-state index >= 15 is 0 Å². The van der Waals surface area contributed by atoms with Crippen LogP contribution in [0.15, 0.2) is 42.6 Å². The van der Waals surface area contributed by atoms with Gasteiger partial charge in [-0.05, 0) is 0 Å². The van der Waals surface area contributed by atoms with Crippen molar-refractivity contribution in [3.8, 4) is 11.3 Å². The van der Waals surface area contributed by atoms with E-state index < -0.39 is 0 Å². The number of thiazole rings is 1. The van der Waals surface area contributed by atoms with Gasteiger partial charge >= 0.3 is 0 Å². The highest BCUT2D eigenvalue weighted by molar-refractivity contribution is 7.11. The van der Waals surface area contributed by atoms with Gasteiger partial charge in [0.25, 0.3) is 0 Å². The van der Waals surface area contributed by atoms with Crippen LogP contribution in [-0.4, -0.2) is 26.5 Å². The van der Waals surface area contributed by atoms with Gasteiger partial charge in [-0.3, -0.25) is 0 Å². The summed E-state index contributed by atoms with van der Waals surface area (Å²) >= 11 is 1.73. The molecule has 2 heterocycles. The normalized spacial score (nSPS) is 11.2. The zero-order valence-electron chi connectivity index (χ0n) is 13.9. The highest BCUT2D eigenvalue weighted by atomic mass is 32.1. The summed E-state index contributed by atoms with van der Waals surface area (Å²) in [6, 6.07) is 12.1. The molecule has 0 atom stereocenters. The first-order valence-corrected chi connectivity index (χ1v) is 8.91. The van der Waals surface area contributed by atoms with E-state index in [1.165, 1.54) is 4.88 Å². The topological polar surface area (TPSA) is 63.0 Å². The van der Waals surface area contributed by atoms with Crippen molar-refractivity contribution in [1.29, 1.82) is 0 Å². The Bertz CT molecular complexity index is 779. The van der Waals surface area contributed by atoms with Gasteiger partial charge in [0, 0.05) is 28.6 Å². The lowest BCUT2D eigenvalue weighted by molar-refractivity contribution is 0.270. The van der Waals surface area contributed by atoms with E-state index in [2.05, 4.69) is 29.2 Å². The van der Waals surface area contributed by atoms with Gasteiger partial charge in [0.15, 0.2) is 0 Å². The second kappa shape index (κ2) is 7.59. The van der Waals surface area contributed by atoms with Crippen molar-refractivity contribution in [2.45, 2.75) is 32.9 Å². The zero-order chi connectivity index (χ0) is 16.9. The summed E-state index contributed by atoms with van der Waals surface area (Å²) in [6.45, 7) is 5.53. The molecule has 3 rings (SSSR count). The molecule has 0 aliphatic heterocycles. The lowest BCUT2D eigenvalue weighted by atomic mass is 10.2. The maximum atomic E-state index is 9.28. The first-order chi connectivity index (χ1) is 11.7. The molecular weight excluding hydrogens is 320 g/mol. The Labute approximate surface area is 146 Å². The minimum absolute atomic E-state index is 0.0582. The van der Waals surface area contributed by atoms with Gasteiger partial charge < -0.3 is 10.4 Å². The minimum atomic E-state index is 0.0582. The summed E-state index contributed by atoms with van der Waals surface area (Å²) in [5.41, 5.74) is 1.97. The minimum Gasteiger partial charge on any atom is -0.394 e. The molecule has 126 valence electrons. The fourth-order valence-corrected chi connectivity index (χ4v) is 3.28. The number of nitrogens with zero attached hydrogens (tertiary/aromatic N) is 3. The van der Waals surface area contributed by atoms with Crippen LogP contribution in [-0.2, 0) is 13.1 Å². The average Bonchev–Trinajstić information content (AvgIpc) is 3.21. The third kappa shape index (κ3) is 3.83. The Kier molecular flexibility index (Phi) is 5.27. The van der Waals surface area contributed by atoms with E-state index in [0.29, 0.717) is 19.0 Å². The van der Waals surface area contributed by atoms with Crippen LogP contribution >= 0.6 is 11.3 Å². The monoisotopic (exact) mass is 342 g/mol. The van der Waals surface area contributed by atoms with Gasteiger partial charge in [-0.25, -0.2) is 9.67 Å². The molecule has 5 nitrogen and oxygen atoms in total. The second-order valence-electron chi connectivity index (χ2n) is 5.90. The summed E-state index contributed by atoms with van der Waals surface area (Å²) in [4.78, 5) is 5.65. The first-order valence-electron chi connectivity index (χ1n) is 8.10. The molecule has 0 aliphatic rings. The molecule has 0 aliphatic carbocycles. The second-order valence-corrected chi connectivity index (χ2v) is 7.05. The number of nitrogens with one attached hydrogen (secondary N) is 1. The molecule has 24 heavy (non-hydrogen) atoms. The molecule has 2 aromatic heterocycles. The Morgan fingerprint density at radius 3 is 2.71 bits per heavy atom. The largest absolute Gasteiger partial charge is 0.394 e. The van der Waals surface area contributed by atoms with Crippen LogP contribution in [0.4, 0.5) is 5.82 Å². The summed E-state index contributed by atoms with van der Waals surface area (Å²) in [5, 5.41) is 18.4. The number of rotatable bonds is 7. The number of aliphatic hydroxyl groups excluding tert-OH is 1. The number of benzene rings is 1. The van der Waals surface area contributed by atoms with E-state index in [0.717, 1.165) is 22.1 Å². The predicted octanol–water partition coefficient (Wildman–Crippen LogP) is 3.73. The molecule has 3 aromatic rings. The van der Waals surface area contributed by atoms with Crippen LogP contribution in [0.1, 0.15) is 29.7 Å². The molecule has 1 aromatic carbocycles. The molecule has 0 saturated heterocycles. The van der Waals surface area contributed by atoms with Gasteiger partial charge in [0.2, 0.25) is 0 Å². The standard InChI is InChI=1S/C18H22N4OS/c1-13(2)18-20-12-15(24-18)11-19-17-10-16(21-22(17)8-9-23)14-6-4-3-5-7-14/h3-7,10,12-13,19,23H,8-9,11H2,1-2H3. The van der Waals surface area contributed by atoms with Crippen molar-refractivity contribution in [2.24, 2.45) is 0 Å². The van der Waals surface area contributed by atoms with Gasteiger partial charge in [-0.1, -0.05) is 44.2 Å². The van der Waals surface area contributed by atoms with Gasteiger partial charge in [0.1, 0.15) is 5.82 Å². The van der Waals surface area contributed by atoms with Crippen LogP contribution in [0.25, 0.3) is 11.3 Å². The van der Waals surface area contributed by atoms with Gasteiger partial charge in [-0.2, -0.15) is 5.10 Å². The number of hydrogen-bond donors (Lipinski definition) is 2. The highest BCUT2D eigenvalue weighted by Gasteiger charge is 2.10. The van der Waals surface area contributed by atoms with Crippen LogP contribution in [0.2, 0.25) is 0 Å². The Morgan fingerprint density at radius 2 is 2.04 bits per heavy atom. The van der Waals surface area contributed by atoms with E-state index in [9.17, 15) is 5.11 Å². The lowest BCUT2D eigenvalue weighted by Crippen LogP contribution is -2.09. The Morgan fingerprint density at radius 1 is 1.25 bits per heavy atom. The average molecular weight is 342 g/mol. The molecule has 0 saturated carbocycles. The first kappa shape index (κ1) is 16.7. The maximum absolute atomic E-state index is 9.28. The van der Waals surface area contributed by atoms with Crippen molar-refractivity contribution in [2.75, 3.05) is 11.9 Å². The van der Waals surface area contributed by atoms with Crippen LogP contribution in [0.5, 0.6) is 0 Å². The maximum Gasteiger partial charge on any atom is 0.125 e. The molecule has 2 N–H and O–H groups in total. The SMILES string of the molecule is CC(C)c1ncc(CNc2cc(-c3ccccc3)nn2CCO)s1. The van der Waals surface area contributed by atoms with Crippen molar-refractivity contribution in [1.82, 2.24) is 14.8 Å². The molecule has 0 radical (unpaired) electrons. The molecule has 0 bridgehead atoms. The van der Waals surface area contributed by atoms with Crippen LogP contribution < -0.4 is 5.32 Å². The Hall–Kier alpha value is -2.18. The van der Waals surface area contributed by atoms with E-state index in [1.54, 1.807) is 11.3 Å². The van der Waals surface area contributed by atoms with Crippen molar-refractivity contribution >= 4 is 17.2 Å². The molecular formula is C18H22N4OS. The molecule has 0 fully saturated rings. The number of hydrogen-bond acceptors (Lipinski definition) is 5. The summed E-state index contributed by atoms with van der Waals surface area (Å²) in [5.74, 6) is 1.36. The zero-order valence-corrected chi connectivity index (χ0v) is 14.8. The summed E-state index contributed by atoms with van der Waals surface area (Å²) in [7, 11) is 0. The fraction of sp³-hybridized carbons (Fsp3) is 0.333. The highest BCUT2D eigenvalue weighted by Crippen LogP contribution is 2.24. The van der Waals surface area contributed by atoms with Crippen LogP contribution in [0.3, 0.4) is 0 Å². The fourth-order valence-electron chi connectivity index (χ4n) is 2.42. The molecule has 6 heteroatoms. The molecule has 0 amide bonds. The number of aliphatic hydroxyl groups is 1. The third-order valence-corrected chi connectivity index (χ3v) is 4.97. The third-order valence-electron chi connectivity index (χ3n) is 3.67. The summed E-state index contributed by atoms with van der Waals surface area (Å²) in [6.07, 6.45) is 1.93. The van der Waals surface area contributed by atoms with E-state index in [-0.39, 0.29) is 6.61 Å². The Balaban J connectivity index is 1.77. The summed E-state index contributed by atoms with van der Waals surface area (Å²) < 4.78 is 1.81. The lowest BCUT2D eigenvalue weighted by Gasteiger charge is -2.07. The van der Waals surface area contributed by atoms with Crippen molar-refractivity contribution in [3.63, 3.8) is 0 Å². The van der Waals surface area contributed by atoms with Gasteiger partial charge in [-0.15, -0.1) is 11.3 Å². The number of aromatic nitrogens is 3. The molecule has 0 spiro atoms. The molecule has 0 unspecified atom stereocenters. The predicted molar refractivity (Wildman–Crippen MR) is 98.3 cm³/mol. The quantitative estimate of drug-likeness (QED) is 0.687.